The minimum atomic E-state index is -0.929. The standard InChI is InChI=1S/C22H17F2N3O2S/c1-2-29-18-7-5-8-19-20(18)26-22(30-19)27(13-15-6-3-4-11-25-15)21(28)16-10-9-14(23)12-17(16)24/h3-12H,2,13H2,1H3. The highest BCUT2D eigenvalue weighted by molar-refractivity contribution is 7.22. The molecule has 0 saturated heterocycles. The van der Waals surface area contributed by atoms with Gasteiger partial charge in [0.2, 0.25) is 0 Å². The van der Waals surface area contributed by atoms with Crippen molar-refractivity contribution in [3.05, 3.63) is 83.7 Å². The third-order valence-electron chi connectivity index (χ3n) is 4.35. The number of thiazole rings is 1. The predicted molar refractivity (Wildman–Crippen MR) is 112 cm³/mol. The summed E-state index contributed by atoms with van der Waals surface area (Å²) in [6, 6.07) is 13.7. The van der Waals surface area contributed by atoms with E-state index in [0.717, 1.165) is 16.8 Å². The molecule has 0 bridgehead atoms. The van der Waals surface area contributed by atoms with Gasteiger partial charge in [-0.1, -0.05) is 23.5 Å². The van der Waals surface area contributed by atoms with E-state index < -0.39 is 17.5 Å². The minimum absolute atomic E-state index is 0.0836. The molecule has 0 saturated carbocycles. The maximum Gasteiger partial charge on any atom is 0.263 e. The lowest BCUT2D eigenvalue weighted by Crippen LogP contribution is -2.31. The molecule has 2 heterocycles. The summed E-state index contributed by atoms with van der Waals surface area (Å²) in [6.07, 6.45) is 1.61. The molecule has 5 nitrogen and oxygen atoms in total. The van der Waals surface area contributed by atoms with Crippen LogP contribution in [0.25, 0.3) is 10.2 Å². The topological polar surface area (TPSA) is 55.3 Å². The second-order valence-electron chi connectivity index (χ2n) is 6.37. The van der Waals surface area contributed by atoms with Gasteiger partial charge in [-0.25, -0.2) is 13.8 Å². The zero-order chi connectivity index (χ0) is 21.1. The van der Waals surface area contributed by atoms with Gasteiger partial charge in [0.05, 0.1) is 29.1 Å². The van der Waals surface area contributed by atoms with Crippen LogP contribution in [0.1, 0.15) is 23.0 Å². The van der Waals surface area contributed by atoms with Crippen LogP contribution in [-0.4, -0.2) is 22.5 Å². The molecule has 1 amide bonds. The first-order valence-corrected chi connectivity index (χ1v) is 10.1. The highest BCUT2D eigenvalue weighted by Gasteiger charge is 2.25. The van der Waals surface area contributed by atoms with Crippen molar-refractivity contribution >= 4 is 32.6 Å². The molecular formula is C22H17F2N3O2S. The first-order chi connectivity index (χ1) is 14.6. The molecule has 0 aliphatic carbocycles. The molecule has 0 aliphatic heterocycles. The van der Waals surface area contributed by atoms with Gasteiger partial charge < -0.3 is 4.74 Å². The summed E-state index contributed by atoms with van der Waals surface area (Å²) >= 11 is 1.29. The van der Waals surface area contributed by atoms with Gasteiger partial charge in [-0.15, -0.1) is 0 Å². The van der Waals surface area contributed by atoms with E-state index >= 15 is 0 Å². The van der Waals surface area contributed by atoms with E-state index in [1.165, 1.54) is 16.2 Å². The van der Waals surface area contributed by atoms with Crippen LogP contribution >= 0.6 is 11.3 Å². The number of aromatic nitrogens is 2. The number of carbonyl (C=O) groups excluding carboxylic acids is 1. The number of nitrogens with zero attached hydrogens (tertiary/aromatic N) is 3. The number of hydrogen-bond donors (Lipinski definition) is 0. The Morgan fingerprint density at radius 1 is 1.13 bits per heavy atom. The number of anilines is 1. The van der Waals surface area contributed by atoms with Gasteiger partial charge in [0.15, 0.2) is 5.13 Å². The number of hydrogen-bond acceptors (Lipinski definition) is 5. The molecule has 4 aromatic rings. The molecular weight excluding hydrogens is 408 g/mol. The lowest BCUT2D eigenvalue weighted by atomic mass is 10.1. The van der Waals surface area contributed by atoms with Crippen molar-refractivity contribution in [3.8, 4) is 5.75 Å². The molecule has 0 fully saturated rings. The van der Waals surface area contributed by atoms with E-state index in [1.807, 2.05) is 19.1 Å². The summed E-state index contributed by atoms with van der Waals surface area (Å²) in [5, 5.41) is 0.372. The van der Waals surface area contributed by atoms with Gasteiger partial charge >= 0.3 is 0 Å². The van der Waals surface area contributed by atoms with Crippen LogP contribution in [0.15, 0.2) is 60.8 Å². The molecule has 4 rings (SSSR count). The van der Waals surface area contributed by atoms with E-state index in [0.29, 0.717) is 34.8 Å². The second kappa shape index (κ2) is 8.54. The normalized spacial score (nSPS) is 10.9. The fourth-order valence-electron chi connectivity index (χ4n) is 2.99. The van der Waals surface area contributed by atoms with Gasteiger partial charge in [-0.05, 0) is 43.3 Å². The average Bonchev–Trinajstić information content (AvgIpc) is 3.17. The number of para-hydroxylation sites is 1. The quantitative estimate of drug-likeness (QED) is 0.425. The second-order valence-corrected chi connectivity index (χ2v) is 7.38. The number of fused-ring (bicyclic) bond motifs is 1. The van der Waals surface area contributed by atoms with E-state index in [-0.39, 0.29) is 12.1 Å². The van der Waals surface area contributed by atoms with Gasteiger partial charge in [-0.3, -0.25) is 14.7 Å². The maximum absolute atomic E-state index is 14.3. The van der Waals surface area contributed by atoms with Crippen molar-refractivity contribution in [3.63, 3.8) is 0 Å². The lowest BCUT2D eigenvalue weighted by molar-refractivity contribution is 0.0981. The number of pyridine rings is 1. The molecule has 0 aliphatic rings. The Morgan fingerprint density at radius 3 is 2.73 bits per heavy atom. The molecule has 0 N–H and O–H groups in total. The molecule has 2 aromatic heterocycles. The van der Waals surface area contributed by atoms with Crippen LogP contribution in [0, 0.1) is 11.6 Å². The van der Waals surface area contributed by atoms with E-state index in [2.05, 4.69) is 9.97 Å². The summed E-state index contributed by atoms with van der Waals surface area (Å²) in [5.74, 6) is -1.70. The Morgan fingerprint density at radius 2 is 2.00 bits per heavy atom. The Bertz CT molecular complexity index is 1200. The van der Waals surface area contributed by atoms with Crippen molar-refractivity contribution in [2.45, 2.75) is 13.5 Å². The maximum atomic E-state index is 14.3. The summed E-state index contributed by atoms with van der Waals surface area (Å²) < 4.78 is 34.1. The molecule has 0 spiro atoms. The summed E-state index contributed by atoms with van der Waals surface area (Å²) in [7, 11) is 0. The summed E-state index contributed by atoms with van der Waals surface area (Å²) in [4.78, 5) is 23.4. The Kier molecular flexibility index (Phi) is 5.67. The third-order valence-corrected chi connectivity index (χ3v) is 5.40. The smallest absolute Gasteiger partial charge is 0.263 e. The van der Waals surface area contributed by atoms with Crippen LogP contribution in [-0.2, 0) is 6.54 Å². The van der Waals surface area contributed by atoms with Gasteiger partial charge in [-0.2, -0.15) is 0 Å². The minimum Gasteiger partial charge on any atom is -0.492 e. The average molecular weight is 425 g/mol. The fraction of sp³-hybridized carbons (Fsp3) is 0.136. The van der Waals surface area contributed by atoms with Crippen LogP contribution < -0.4 is 9.64 Å². The summed E-state index contributed by atoms with van der Waals surface area (Å²) in [5.41, 5.74) is 0.993. The Labute approximate surface area is 175 Å². The Hall–Kier alpha value is -3.39. The number of halogens is 2. The van der Waals surface area contributed by atoms with Gasteiger partial charge in [0, 0.05) is 12.3 Å². The van der Waals surface area contributed by atoms with Crippen molar-refractivity contribution < 1.29 is 18.3 Å². The first kappa shape index (κ1) is 19.9. The SMILES string of the molecule is CCOc1cccc2sc(N(Cc3ccccn3)C(=O)c3ccc(F)cc3F)nc12. The van der Waals surface area contributed by atoms with E-state index in [4.69, 9.17) is 4.74 Å². The number of benzene rings is 2. The molecule has 152 valence electrons. The fourth-order valence-corrected chi connectivity index (χ4v) is 3.97. The highest BCUT2D eigenvalue weighted by Crippen LogP contribution is 2.35. The van der Waals surface area contributed by atoms with Crippen molar-refractivity contribution in [1.82, 2.24) is 9.97 Å². The van der Waals surface area contributed by atoms with Crippen molar-refractivity contribution in [2.75, 3.05) is 11.5 Å². The van der Waals surface area contributed by atoms with Crippen LogP contribution in [0.2, 0.25) is 0 Å². The number of rotatable bonds is 6. The monoisotopic (exact) mass is 425 g/mol. The van der Waals surface area contributed by atoms with E-state index in [1.54, 1.807) is 30.5 Å². The summed E-state index contributed by atoms with van der Waals surface area (Å²) in [6.45, 7) is 2.43. The van der Waals surface area contributed by atoms with Gasteiger partial charge in [0.25, 0.3) is 5.91 Å². The number of carbonyl (C=O) groups is 1. The van der Waals surface area contributed by atoms with Crippen molar-refractivity contribution in [1.29, 1.82) is 0 Å². The zero-order valence-corrected chi connectivity index (χ0v) is 16.8. The molecule has 30 heavy (non-hydrogen) atoms. The first-order valence-electron chi connectivity index (χ1n) is 9.26. The predicted octanol–water partition coefficient (Wildman–Crippen LogP) is 5.22. The van der Waals surface area contributed by atoms with Gasteiger partial charge in [0.1, 0.15) is 22.9 Å². The molecule has 0 atom stereocenters. The largest absolute Gasteiger partial charge is 0.492 e. The molecule has 2 aromatic carbocycles. The Balaban J connectivity index is 1.80. The lowest BCUT2D eigenvalue weighted by Gasteiger charge is -2.20. The highest BCUT2D eigenvalue weighted by atomic mass is 32.1. The third kappa shape index (κ3) is 3.99. The molecule has 0 unspecified atom stereocenters. The molecule has 8 heteroatoms. The zero-order valence-electron chi connectivity index (χ0n) is 16.0. The van der Waals surface area contributed by atoms with Crippen LogP contribution in [0.4, 0.5) is 13.9 Å². The van der Waals surface area contributed by atoms with Crippen LogP contribution in [0.3, 0.4) is 0 Å². The number of ether oxygens (including phenoxy) is 1. The van der Waals surface area contributed by atoms with Crippen LogP contribution in [0.5, 0.6) is 5.75 Å². The number of amides is 1. The molecule has 0 radical (unpaired) electrons. The van der Waals surface area contributed by atoms with E-state index in [9.17, 15) is 13.6 Å². The van der Waals surface area contributed by atoms with Crippen molar-refractivity contribution in [2.24, 2.45) is 0 Å².